The third kappa shape index (κ3) is 5.30. The van der Waals surface area contributed by atoms with Gasteiger partial charge in [0.15, 0.2) is 0 Å². The summed E-state index contributed by atoms with van der Waals surface area (Å²) in [6, 6.07) is 14.8. The molecule has 5 heteroatoms. The lowest BCUT2D eigenvalue weighted by Gasteiger charge is -2.36. The summed E-state index contributed by atoms with van der Waals surface area (Å²) in [6.45, 7) is 8.75. The number of benzene rings is 2. The molecule has 0 bridgehead atoms. The minimum absolute atomic E-state index is 0.0104. The van der Waals surface area contributed by atoms with Crippen molar-refractivity contribution in [3.05, 3.63) is 65.5 Å². The predicted molar refractivity (Wildman–Crippen MR) is 108 cm³/mol. The van der Waals surface area contributed by atoms with Crippen LogP contribution in [0.3, 0.4) is 0 Å². The highest BCUT2D eigenvalue weighted by molar-refractivity contribution is 5.94. The zero-order valence-electron chi connectivity index (χ0n) is 16.1. The first-order valence-electron chi connectivity index (χ1n) is 9.68. The number of rotatable bonds is 6. The fourth-order valence-corrected chi connectivity index (χ4v) is 3.25. The number of carbonyl (C=O) groups excluding carboxylic acids is 1. The Labute approximate surface area is 161 Å². The quantitative estimate of drug-likeness (QED) is 0.844. The van der Waals surface area contributed by atoms with Crippen molar-refractivity contribution >= 4 is 11.6 Å². The van der Waals surface area contributed by atoms with Gasteiger partial charge >= 0.3 is 0 Å². The van der Waals surface area contributed by atoms with Gasteiger partial charge in [-0.2, -0.15) is 0 Å². The Kier molecular flexibility index (Phi) is 6.45. The van der Waals surface area contributed by atoms with E-state index in [9.17, 15) is 9.18 Å². The standard InChI is InChI=1S/C22H28FN3O/c1-3-17(2)24-22(27)19-6-4-18(5-7-19)16-25-12-14-26(15-13-25)21-10-8-20(23)9-11-21/h4-11,17H,3,12-16H2,1-2H3,(H,24,27)/t17-/m0/s1. The number of amides is 1. The van der Waals surface area contributed by atoms with E-state index in [1.807, 2.05) is 43.3 Å². The van der Waals surface area contributed by atoms with Gasteiger partial charge in [0.05, 0.1) is 0 Å². The lowest BCUT2D eigenvalue weighted by atomic mass is 10.1. The van der Waals surface area contributed by atoms with Crippen molar-refractivity contribution in [2.24, 2.45) is 0 Å². The Hall–Kier alpha value is -2.40. The predicted octanol–water partition coefficient (Wildman–Crippen LogP) is 3.68. The number of nitrogens with zero attached hydrogens (tertiary/aromatic N) is 2. The Morgan fingerprint density at radius 2 is 1.67 bits per heavy atom. The van der Waals surface area contributed by atoms with E-state index in [1.165, 1.54) is 17.7 Å². The average molecular weight is 369 g/mol. The number of halogens is 1. The molecule has 0 radical (unpaired) electrons. The van der Waals surface area contributed by atoms with Crippen LogP contribution in [0.1, 0.15) is 36.2 Å². The summed E-state index contributed by atoms with van der Waals surface area (Å²) in [5, 5.41) is 2.99. The largest absolute Gasteiger partial charge is 0.369 e. The molecule has 144 valence electrons. The van der Waals surface area contributed by atoms with Gasteiger partial charge in [0, 0.05) is 50.0 Å². The van der Waals surface area contributed by atoms with E-state index in [4.69, 9.17) is 0 Å². The molecule has 2 aromatic rings. The van der Waals surface area contributed by atoms with Crippen LogP contribution in [0.5, 0.6) is 0 Å². The van der Waals surface area contributed by atoms with E-state index in [1.54, 1.807) is 0 Å². The molecule has 2 aromatic carbocycles. The van der Waals surface area contributed by atoms with Gasteiger partial charge in [-0.1, -0.05) is 19.1 Å². The van der Waals surface area contributed by atoms with Gasteiger partial charge in [0.25, 0.3) is 5.91 Å². The number of anilines is 1. The maximum atomic E-state index is 13.1. The molecule has 1 saturated heterocycles. The number of hydrogen-bond acceptors (Lipinski definition) is 3. The van der Waals surface area contributed by atoms with Crippen molar-refractivity contribution in [1.82, 2.24) is 10.2 Å². The molecule has 0 saturated carbocycles. The van der Waals surface area contributed by atoms with Crippen LogP contribution < -0.4 is 10.2 Å². The Morgan fingerprint density at radius 3 is 2.26 bits per heavy atom. The fraction of sp³-hybridized carbons (Fsp3) is 0.409. The van der Waals surface area contributed by atoms with Crippen molar-refractivity contribution in [3.63, 3.8) is 0 Å². The van der Waals surface area contributed by atoms with Crippen LogP contribution in [0.25, 0.3) is 0 Å². The number of carbonyl (C=O) groups is 1. The molecule has 0 unspecified atom stereocenters. The summed E-state index contributed by atoms with van der Waals surface area (Å²) in [4.78, 5) is 16.9. The summed E-state index contributed by atoms with van der Waals surface area (Å²) in [6.07, 6.45) is 0.924. The van der Waals surface area contributed by atoms with Crippen LogP contribution in [-0.2, 0) is 6.54 Å². The molecular formula is C22H28FN3O. The molecule has 0 aromatic heterocycles. The van der Waals surface area contributed by atoms with Crippen LogP contribution >= 0.6 is 0 Å². The highest BCUT2D eigenvalue weighted by Gasteiger charge is 2.17. The van der Waals surface area contributed by atoms with E-state index in [-0.39, 0.29) is 17.8 Å². The lowest BCUT2D eigenvalue weighted by Crippen LogP contribution is -2.45. The third-order valence-electron chi connectivity index (χ3n) is 5.18. The zero-order chi connectivity index (χ0) is 19.2. The van der Waals surface area contributed by atoms with Crippen molar-refractivity contribution < 1.29 is 9.18 Å². The van der Waals surface area contributed by atoms with Crippen LogP contribution in [0, 0.1) is 5.82 Å². The highest BCUT2D eigenvalue weighted by atomic mass is 19.1. The Morgan fingerprint density at radius 1 is 1.04 bits per heavy atom. The number of hydrogen-bond donors (Lipinski definition) is 1. The van der Waals surface area contributed by atoms with Gasteiger partial charge in [-0.05, 0) is 55.3 Å². The topological polar surface area (TPSA) is 35.6 Å². The molecule has 4 nitrogen and oxygen atoms in total. The normalized spacial score (nSPS) is 16.2. The summed E-state index contributed by atoms with van der Waals surface area (Å²) in [5.74, 6) is -0.206. The Bertz CT molecular complexity index is 737. The molecule has 1 heterocycles. The van der Waals surface area contributed by atoms with Gasteiger partial charge in [0.2, 0.25) is 0 Å². The molecule has 1 N–H and O–H groups in total. The smallest absolute Gasteiger partial charge is 0.251 e. The first kappa shape index (κ1) is 19.4. The van der Waals surface area contributed by atoms with E-state index >= 15 is 0 Å². The summed E-state index contributed by atoms with van der Waals surface area (Å²) in [5.41, 5.74) is 3.00. The maximum absolute atomic E-state index is 13.1. The van der Waals surface area contributed by atoms with Crippen molar-refractivity contribution in [2.45, 2.75) is 32.9 Å². The van der Waals surface area contributed by atoms with Gasteiger partial charge in [-0.3, -0.25) is 9.69 Å². The van der Waals surface area contributed by atoms with E-state index in [2.05, 4.69) is 22.0 Å². The van der Waals surface area contributed by atoms with E-state index in [0.717, 1.165) is 44.8 Å². The second-order valence-electron chi connectivity index (χ2n) is 7.22. The highest BCUT2D eigenvalue weighted by Crippen LogP contribution is 2.18. The first-order valence-corrected chi connectivity index (χ1v) is 9.68. The molecular weight excluding hydrogens is 341 g/mol. The maximum Gasteiger partial charge on any atom is 0.251 e. The zero-order valence-corrected chi connectivity index (χ0v) is 16.1. The molecule has 1 aliphatic heterocycles. The molecule has 0 spiro atoms. The van der Waals surface area contributed by atoms with Crippen LogP contribution in [0.15, 0.2) is 48.5 Å². The van der Waals surface area contributed by atoms with E-state index < -0.39 is 0 Å². The van der Waals surface area contributed by atoms with Crippen LogP contribution in [-0.4, -0.2) is 43.0 Å². The summed E-state index contributed by atoms with van der Waals surface area (Å²) in [7, 11) is 0. The van der Waals surface area contributed by atoms with Crippen molar-refractivity contribution in [3.8, 4) is 0 Å². The minimum Gasteiger partial charge on any atom is -0.369 e. The van der Waals surface area contributed by atoms with Crippen LogP contribution in [0.4, 0.5) is 10.1 Å². The van der Waals surface area contributed by atoms with Gasteiger partial charge in [-0.15, -0.1) is 0 Å². The SMILES string of the molecule is CC[C@H](C)NC(=O)c1ccc(CN2CCN(c3ccc(F)cc3)CC2)cc1. The second-order valence-corrected chi connectivity index (χ2v) is 7.22. The van der Waals surface area contributed by atoms with Crippen molar-refractivity contribution in [1.29, 1.82) is 0 Å². The molecule has 0 aliphatic carbocycles. The second kappa shape index (κ2) is 9.00. The van der Waals surface area contributed by atoms with Gasteiger partial charge < -0.3 is 10.2 Å². The summed E-state index contributed by atoms with van der Waals surface area (Å²) >= 11 is 0. The molecule has 1 fully saturated rings. The molecule has 3 rings (SSSR count). The molecule has 27 heavy (non-hydrogen) atoms. The molecule has 1 aliphatic rings. The molecule has 1 amide bonds. The van der Waals surface area contributed by atoms with Crippen LogP contribution in [0.2, 0.25) is 0 Å². The lowest BCUT2D eigenvalue weighted by molar-refractivity contribution is 0.0939. The third-order valence-corrected chi connectivity index (χ3v) is 5.18. The van der Waals surface area contributed by atoms with Gasteiger partial charge in [-0.25, -0.2) is 4.39 Å². The summed E-state index contributed by atoms with van der Waals surface area (Å²) < 4.78 is 13.1. The number of piperazine rings is 1. The van der Waals surface area contributed by atoms with E-state index in [0.29, 0.717) is 5.56 Å². The minimum atomic E-state index is -0.196. The fourth-order valence-electron chi connectivity index (χ4n) is 3.25. The number of nitrogens with one attached hydrogen (secondary N) is 1. The van der Waals surface area contributed by atoms with Gasteiger partial charge in [0.1, 0.15) is 5.82 Å². The van der Waals surface area contributed by atoms with Crippen molar-refractivity contribution in [2.75, 3.05) is 31.1 Å². The first-order chi connectivity index (χ1) is 13.0. The monoisotopic (exact) mass is 369 g/mol. The average Bonchev–Trinajstić information content (AvgIpc) is 2.69. The molecule has 1 atom stereocenters. The Balaban J connectivity index is 1.50.